The SMILES string of the molecule is CCCN(CC(F)(F)F)C(=O)[C@H](N)Cc1ccccc1. The van der Waals surface area contributed by atoms with E-state index in [0.29, 0.717) is 6.42 Å². The number of hydrogen-bond donors (Lipinski definition) is 1. The highest BCUT2D eigenvalue weighted by atomic mass is 19.4. The molecule has 0 aliphatic heterocycles. The van der Waals surface area contributed by atoms with Crippen LogP contribution in [0.3, 0.4) is 0 Å². The first-order chi connectivity index (χ1) is 9.33. The van der Waals surface area contributed by atoms with Gasteiger partial charge in [-0.2, -0.15) is 13.2 Å². The molecule has 1 atom stereocenters. The van der Waals surface area contributed by atoms with E-state index in [-0.39, 0.29) is 13.0 Å². The van der Waals surface area contributed by atoms with Gasteiger partial charge < -0.3 is 10.6 Å². The molecular formula is C14H19F3N2O. The first-order valence-corrected chi connectivity index (χ1v) is 6.48. The van der Waals surface area contributed by atoms with Gasteiger partial charge in [0.1, 0.15) is 6.54 Å². The summed E-state index contributed by atoms with van der Waals surface area (Å²) in [6.45, 7) is 0.530. The van der Waals surface area contributed by atoms with Crippen LogP contribution >= 0.6 is 0 Å². The number of carbonyl (C=O) groups excluding carboxylic acids is 1. The van der Waals surface area contributed by atoms with Crippen LogP contribution in [0.1, 0.15) is 18.9 Å². The van der Waals surface area contributed by atoms with Crippen LogP contribution in [0.15, 0.2) is 30.3 Å². The Labute approximate surface area is 116 Å². The number of carbonyl (C=O) groups is 1. The maximum Gasteiger partial charge on any atom is 0.406 e. The van der Waals surface area contributed by atoms with Crippen molar-refractivity contribution >= 4 is 5.91 Å². The van der Waals surface area contributed by atoms with Gasteiger partial charge in [0.2, 0.25) is 5.91 Å². The van der Waals surface area contributed by atoms with Crippen molar-refractivity contribution in [2.75, 3.05) is 13.1 Å². The lowest BCUT2D eigenvalue weighted by atomic mass is 10.1. The zero-order valence-electron chi connectivity index (χ0n) is 11.4. The molecule has 112 valence electrons. The Morgan fingerprint density at radius 3 is 2.40 bits per heavy atom. The average Bonchev–Trinajstić information content (AvgIpc) is 2.37. The number of rotatable bonds is 6. The first-order valence-electron chi connectivity index (χ1n) is 6.48. The lowest BCUT2D eigenvalue weighted by molar-refractivity contribution is -0.162. The highest BCUT2D eigenvalue weighted by Gasteiger charge is 2.34. The van der Waals surface area contributed by atoms with Gasteiger partial charge in [-0.1, -0.05) is 37.3 Å². The van der Waals surface area contributed by atoms with Gasteiger partial charge >= 0.3 is 6.18 Å². The van der Waals surface area contributed by atoms with Crippen LogP contribution in [-0.2, 0) is 11.2 Å². The summed E-state index contributed by atoms with van der Waals surface area (Å²) in [4.78, 5) is 12.8. The summed E-state index contributed by atoms with van der Waals surface area (Å²) in [6.07, 6.45) is -3.71. The van der Waals surface area contributed by atoms with Crippen molar-refractivity contribution < 1.29 is 18.0 Å². The lowest BCUT2D eigenvalue weighted by Crippen LogP contribution is -2.48. The number of alkyl halides is 3. The van der Waals surface area contributed by atoms with Crippen LogP contribution in [0.25, 0.3) is 0 Å². The van der Waals surface area contributed by atoms with E-state index in [2.05, 4.69) is 0 Å². The van der Waals surface area contributed by atoms with Crippen LogP contribution in [0.4, 0.5) is 13.2 Å². The molecule has 0 radical (unpaired) electrons. The molecule has 20 heavy (non-hydrogen) atoms. The molecule has 1 aromatic rings. The van der Waals surface area contributed by atoms with E-state index in [1.807, 2.05) is 6.07 Å². The Balaban J connectivity index is 2.68. The summed E-state index contributed by atoms with van der Waals surface area (Å²) in [6, 6.07) is 8.05. The Morgan fingerprint density at radius 1 is 1.30 bits per heavy atom. The van der Waals surface area contributed by atoms with Gasteiger partial charge in [0.15, 0.2) is 0 Å². The second-order valence-electron chi connectivity index (χ2n) is 4.67. The molecular weight excluding hydrogens is 269 g/mol. The van der Waals surface area contributed by atoms with E-state index in [9.17, 15) is 18.0 Å². The predicted molar refractivity (Wildman–Crippen MR) is 71.0 cm³/mol. The van der Waals surface area contributed by atoms with E-state index in [0.717, 1.165) is 10.5 Å². The Morgan fingerprint density at radius 2 is 1.90 bits per heavy atom. The van der Waals surface area contributed by atoms with Crippen molar-refractivity contribution in [2.45, 2.75) is 32.0 Å². The van der Waals surface area contributed by atoms with Crippen molar-refractivity contribution in [3.63, 3.8) is 0 Å². The number of nitrogens with two attached hydrogens (primary N) is 1. The summed E-state index contributed by atoms with van der Waals surface area (Å²) in [5.74, 6) is -0.659. The molecule has 0 spiro atoms. The second-order valence-corrected chi connectivity index (χ2v) is 4.67. The van der Waals surface area contributed by atoms with Crippen molar-refractivity contribution in [3.05, 3.63) is 35.9 Å². The number of halogens is 3. The minimum Gasteiger partial charge on any atom is -0.332 e. The topological polar surface area (TPSA) is 46.3 Å². The van der Waals surface area contributed by atoms with Gasteiger partial charge in [0.05, 0.1) is 6.04 Å². The van der Waals surface area contributed by atoms with Gasteiger partial charge in [-0.25, -0.2) is 0 Å². The van der Waals surface area contributed by atoms with E-state index in [4.69, 9.17) is 5.73 Å². The zero-order valence-corrected chi connectivity index (χ0v) is 11.4. The summed E-state index contributed by atoms with van der Waals surface area (Å²) < 4.78 is 37.3. The van der Waals surface area contributed by atoms with Gasteiger partial charge in [0, 0.05) is 6.54 Å². The molecule has 0 saturated heterocycles. The normalized spacial score (nSPS) is 13.1. The first kappa shape index (κ1) is 16.5. The van der Waals surface area contributed by atoms with E-state index in [1.165, 1.54) is 0 Å². The highest BCUT2D eigenvalue weighted by Crippen LogP contribution is 2.17. The van der Waals surface area contributed by atoms with Gasteiger partial charge in [0.25, 0.3) is 0 Å². The van der Waals surface area contributed by atoms with E-state index in [1.54, 1.807) is 31.2 Å². The van der Waals surface area contributed by atoms with Crippen molar-refractivity contribution in [2.24, 2.45) is 5.73 Å². The Hall–Kier alpha value is -1.56. The zero-order chi connectivity index (χ0) is 15.2. The molecule has 0 fully saturated rings. The maximum absolute atomic E-state index is 12.4. The monoisotopic (exact) mass is 288 g/mol. The van der Waals surface area contributed by atoms with Crippen molar-refractivity contribution in [1.82, 2.24) is 4.90 Å². The van der Waals surface area contributed by atoms with Crippen LogP contribution in [0.2, 0.25) is 0 Å². The number of amides is 1. The third kappa shape index (κ3) is 5.61. The molecule has 3 nitrogen and oxygen atoms in total. The molecule has 0 aromatic heterocycles. The van der Waals surface area contributed by atoms with Crippen LogP contribution in [0, 0.1) is 0 Å². The summed E-state index contributed by atoms with van der Waals surface area (Å²) in [5.41, 5.74) is 6.57. The van der Waals surface area contributed by atoms with E-state index >= 15 is 0 Å². The Kier molecular flexibility index (Phi) is 6.01. The molecule has 1 aromatic carbocycles. The largest absolute Gasteiger partial charge is 0.406 e. The molecule has 1 amide bonds. The fourth-order valence-electron chi connectivity index (χ4n) is 1.94. The van der Waals surface area contributed by atoms with Gasteiger partial charge in [-0.15, -0.1) is 0 Å². The highest BCUT2D eigenvalue weighted by molar-refractivity contribution is 5.82. The molecule has 1 rings (SSSR count). The third-order valence-corrected chi connectivity index (χ3v) is 2.79. The smallest absolute Gasteiger partial charge is 0.332 e. The lowest BCUT2D eigenvalue weighted by Gasteiger charge is -2.26. The third-order valence-electron chi connectivity index (χ3n) is 2.79. The van der Waals surface area contributed by atoms with E-state index < -0.39 is 24.7 Å². The van der Waals surface area contributed by atoms with Crippen LogP contribution in [0.5, 0.6) is 0 Å². The number of nitrogens with zero attached hydrogens (tertiary/aromatic N) is 1. The summed E-state index contributed by atoms with van der Waals surface area (Å²) in [7, 11) is 0. The molecule has 0 saturated carbocycles. The molecule has 2 N–H and O–H groups in total. The fourth-order valence-corrected chi connectivity index (χ4v) is 1.94. The quantitative estimate of drug-likeness (QED) is 0.873. The second kappa shape index (κ2) is 7.28. The van der Waals surface area contributed by atoms with Gasteiger partial charge in [-0.05, 0) is 18.4 Å². The molecule has 0 unspecified atom stereocenters. The molecule has 6 heteroatoms. The number of hydrogen-bond acceptors (Lipinski definition) is 2. The standard InChI is InChI=1S/C14H19F3N2O/c1-2-8-19(10-14(15,16)17)13(20)12(18)9-11-6-4-3-5-7-11/h3-7,12H,2,8-10,18H2,1H3/t12-/m1/s1. The molecule has 0 heterocycles. The van der Waals surface area contributed by atoms with Crippen LogP contribution in [-0.4, -0.2) is 36.1 Å². The van der Waals surface area contributed by atoms with Crippen LogP contribution < -0.4 is 5.73 Å². The fraction of sp³-hybridized carbons (Fsp3) is 0.500. The minimum absolute atomic E-state index is 0.0564. The number of benzene rings is 1. The predicted octanol–water partition coefficient (Wildman–Crippen LogP) is 2.36. The Bertz CT molecular complexity index is 420. The minimum atomic E-state index is -4.41. The molecule has 0 aliphatic carbocycles. The molecule has 0 aliphatic rings. The maximum atomic E-state index is 12.4. The van der Waals surface area contributed by atoms with Crippen molar-refractivity contribution in [3.8, 4) is 0 Å². The molecule has 0 bridgehead atoms. The summed E-state index contributed by atoms with van der Waals surface area (Å²) in [5, 5.41) is 0. The van der Waals surface area contributed by atoms with Gasteiger partial charge in [-0.3, -0.25) is 4.79 Å². The average molecular weight is 288 g/mol. The summed E-state index contributed by atoms with van der Waals surface area (Å²) >= 11 is 0. The van der Waals surface area contributed by atoms with Crippen molar-refractivity contribution in [1.29, 1.82) is 0 Å².